The monoisotopic (exact) mass is 306 g/mol. The molecular formula is C15H18N2O3S. The van der Waals surface area contributed by atoms with E-state index in [2.05, 4.69) is 5.32 Å². The Balaban J connectivity index is 2.00. The summed E-state index contributed by atoms with van der Waals surface area (Å²) in [7, 11) is 1.59. The highest BCUT2D eigenvalue weighted by molar-refractivity contribution is 7.07. The molecule has 21 heavy (non-hydrogen) atoms. The molecule has 0 saturated heterocycles. The second-order valence-electron chi connectivity index (χ2n) is 4.44. The predicted molar refractivity (Wildman–Crippen MR) is 83.8 cm³/mol. The summed E-state index contributed by atoms with van der Waals surface area (Å²) in [5, 5.41) is 15.9. The van der Waals surface area contributed by atoms with Crippen molar-refractivity contribution in [1.29, 1.82) is 0 Å². The van der Waals surface area contributed by atoms with Crippen molar-refractivity contribution in [2.24, 2.45) is 0 Å². The van der Waals surface area contributed by atoms with E-state index in [1.807, 2.05) is 16.8 Å². The van der Waals surface area contributed by atoms with Crippen LogP contribution in [-0.2, 0) is 6.54 Å². The Labute approximate surface area is 127 Å². The fourth-order valence-corrected chi connectivity index (χ4v) is 2.51. The number of thiophene rings is 1. The molecule has 1 aromatic carbocycles. The van der Waals surface area contributed by atoms with E-state index in [4.69, 9.17) is 9.84 Å². The molecule has 0 fully saturated rings. The summed E-state index contributed by atoms with van der Waals surface area (Å²) < 4.78 is 5.08. The van der Waals surface area contributed by atoms with E-state index >= 15 is 0 Å². The van der Waals surface area contributed by atoms with Crippen LogP contribution in [0.1, 0.15) is 5.56 Å². The van der Waals surface area contributed by atoms with Crippen molar-refractivity contribution in [3.63, 3.8) is 0 Å². The SMILES string of the molecule is COc1ccc(NC(=O)N(CCO)Cc2ccsc2)cc1. The number of methoxy groups -OCH3 is 1. The summed E-state index contributed by atoms with van der Waals surface area (Å²) in [6, 6.07) is 8.85. The number of ether oxygens (including phenoxy) is 1. The minimum Gasteiger partial charge on any atom is -0.497 e. The van der Waals surface area contributed by atoms with Crippen LogP contribution >= 0.6 is 11.3 Å². The van der Waals surface area contributed by atoms with Crippen molar-refractivity contribution in [3.05, 3.63) is 46.7 Å². The van der Waals surface area contributed by atoms with Crippen molar-refractivity contribution in [3.8, 4) is 5.75 Å². The van der Waals surface area contributed by atoms with Crippen molar-refractivity contribution in [2.75, 3.05) is 25.6 Å². The van der Waals surface area contributed by atoms with Gasteiger partial charge in [0.15, 0.2) is 0 Å². The van der Waals surface area contributed by atoms with Gasteiger partial charge in [-0.1, -0.05) is 0 Å². The number of rotatable bonds is 6. The number of nitrogens with one attached hydrogen (secondary N) is 1. The van der Waals surface area contributed by atoms with Gasteiger partial charge in [-0.15, -0.1) is 0 Å². The Hall–Kier alpha value is -2.05. The maximum absolute atomic E-state index is 12.3. The molecule has 2 N–H and O–H groups in total. The lowest BCUT2D eigenvalue weighted by molar-refractivity contribution is 0.185. The quantitative estimate of drug-likeness (QED) is 0.862. The van der Waals surface area contributed by atoms with Gasteiger partial charge in [-0.05, 0) is 46.7 Å². The average molecular weight is 306 g/mol. The van der Waals surface area contributed by atoms with Crippen molar-refractivity contribution in [2.45, 2.75) is 6.54 Å². The molecule has 5 nitrogen and oxygen atoms in total. The summed E-state index contributed by atoms with van der Waals surface area (Å²) in [6.07, 6.45) is 0. The predicted octanol–water partition coefficient (Wildman–Crippen LogP) is 2.78. The van der Waals surface area contributed by atoms with Crippen LogP contribution in [0.2, 0.25) is 0 Å². The highest BCUT2D eigenvalue weighted by Crippen LogP contribution is 2.16. The number of aliphatic hydroxyl groups excluding tert-OH is 1. The molecule has 0 bridgehead atoms. The van der Waals surface area contributed by atoms with Crippen LogP contribution in [-0.4, -0.2) is 36.3 Å². The number of carbonyl (C=O) groups excluding carboxylic acids is 1. The van der Waals surface area contributed by atoms with Gasteiger partial charge < -0.3 is 20.1 Å². The lowest BCUT2D eigenvalue weighted by Crippen LogP contribution is -2.36. The number of urea groups is 1. The Morgan fingerprint density at radius 2 is 2.10 bits per heavy atom. The Morgan fingerprint density at radius 3 is 2.67 bits per heavy atom. The molecule has 0 atom stereocenters. The van der Waals surface area contributed by atoms with Crippen LogP contribution in [0.15, 0.2) is 41.1 Å². The van der Waals surface area contributed by atoms with Gasteiger partial charge in [0.2, 0.25) is 0 Å². The van der Waals surface area contributed by atoms with Crippen LogP contribution in [0.4, 0.5) is 10.5 Å². The normalized spacial score (nSPS) is 10.2. The number of carbonyl (C=O) groups is 1. The van der Waals surface area contributed by atoms with E-state index in [1.165, 1.54) is 0 Å². The maximum atomic E-state index is 12.3. The van der Waals surface area contributed by atoms with Crippen molar-refractivity contribution >= 4 is 23.1 Å². The third kappa shape index (κ3) is 4.47. The van der Waals surface area contributed by atoms with Crippen molar-refractivity contribution < 1.29 is 14.6 Å². The second kappa shape index (κ2) is 7.66. The number of aliphatic hydroxyl groups is 1. The number of benzene rings is 1. The molecule has 2 aromatic rings. The zero-order chi connectivity index (χ0) is 15.1. The largest absolute Gasteiger partial charge is 0.497 e. The summed E-state index contributed by atoms with van der Waals surface area (Å²) in [6.45, 7) is 0.698. The van der Waals surface area contributed by atoms with E-state index in [0.717, 1.165) is 11.3 Å². The number of nitrogens with zero attached hydrogens (tertiary/aromatic N) is 1. The smallest absolute Gasteiger partial charge is 0.322 e. The highest BCUT2D eigenvalue weighted by atomic mass is 32.1. The van der Waals surface area contributed by atoms with E-state index in [0.29, 0.717) is 12.2 Å². The Bertz CT molecular complexity index is 555. The first kappa shape index (κ1) is 15.3. The van der Waals surface area contributed by atoms with Gasteiger partial charge in [-0.3, -0.25) is 0 Å². The van der Waals surface area contributed by atoms with E-state index in [9.17, 15) is 4.79 Å². The molecule has 0 aliphatic carbocycles. The number of hydrogen-bond acceptors (Lipinski definition) is 4. The molecule has 0 aliphatic rings. The lowest BCUT2D eigenvalue weighted by Gasteiger charge is -2.21. The van der Waals surface area contributed by atoms with E-state index < -0.39 is 0 Å². The average Bonchev–Trinajstić information content (AvgIpc) is 3.00. The number of amides is 2. The van der Waals surface area contributed by atoms with Gasteiger partial charge in [-0.25, -0.2) is 4.79 Å². The minimum absolute atomic E-state index is 0.0693. The summed E-state index contributed by atoms with van der Waals surface area (Å²) >= 11 is 1.58. The van der Waals surface area contributed by atoms with Gasteiger partial charge in [0.25, 0.3) is 0 Å². The van der Waals surface area contributed by atoms with Gasteiger partial charge in [0.05, 0.1) is 13.7 Å². The third-order valence-electron chi connectivity index (χ3n) is 2.95. The lowest BCUT2D eigenvalue weighted by atomic mass is 10.3. The molecule has 0 aliphatic heterocycles. The number of hydrogen-bond donors (Lipinski definition) is 2. The summed E-state index contributed by atoms with van der Waals surface area (Å²) in [4.78, 5) is 13.8. The highest BCUT2D eigenvalue weighted by Gasteiger charge is 2.14. The van der Waals surface area contributed by atoms with Crippen LogP contribution in [0.3, 0.4) is 0 Å². The van der Waals surface area contributed by atoms with Crippen molar-refractivity contribution in [1.82, 2.24) is 4.90 Å². The Morgan fingerprint density at radius 1 is 1.33 bits per heavy atom. The molecule has 0 radical (unpaired) electrons. The summed E-state index contributed by atoms with van der Waals surface area (Å²) in [5.41, 5.74) is 1.74. The number of anilines is 1. The first-order valence-corrected chi connectivity index (χ1v) is 7.49. The molecule has 112 valence electrons. The standard InChI is InChI=1S/C15H18N2O3S/c1-20-14-4-2-13(3-5-14)16-15(19)17(7-8-18)10-12-6-9-21-11-12/h2-6,9,11,18H,7-8,10H2,1H3,(H,16,19). The fourth-order valence-electron chi connectivity index (χ4n) is 1.85. The zero-order valence-corrected chi connectivity index (χ0v) is 12.6. The molecular weight excluding hydrogens is 288 g/mol. The van der Waals surface area contributed by atoms with Gasteiger partial charge in [0, 0.05) is 18.8 Å². The van der Waals surface area contributed by atoms with E-state index in [-0.39, 0.29) is 19.2 Å². The third-order valence-corrected chi connectivity index (χ3v) is 3.68. The molecule has 1 heterocycles. The first-order valence-electron chi connectivity index (χ1n) is 6.55. The molecule has 0 saturated carbocycles. The van der Waals surface area contributed by atoms with Crippen LogP contribution in [0, 0.1) is 0 Å². The Kier molecular flexibility index (Phi) is 5.59. The van der Waals surface area contributed by atoms with Crippen LogP contribution in [0.5, 0.6) is 5.75 Å². The first-order chi connectivity index (χ1) is 10.2. The van der Waals surface area contributed by atoms with E-state index in [1.54, 1.807) is 47.6 Å². The molecule has 0 unspecified atom stereocenters. The molecule has 2 rings (SSSR count). The molecule has 6 heteroatoms. The van der Waals surface area contributed by atoms with Crippen LogP contribution < -0.4 is 10.1 Å². The fraction of sp³-hybridized carbons (Fsp3) is 0.267. The maximum Gasteiger partial charge on any atom is 0.322 e. The summed E-state index contributed by atoms with van der Waals surface area (Å²) in [5.74, 6) is 0.735. The molecule has 0 spiro atoms. The second-order valence-corrected chi connectivity index (χ2v) is 5.22. The van der Waals surface area contributed by atoms with Gasteiger partial charge in [-0.2, -0.15) is 11.3 Å². The topological polar surface area (TPSA) is 61.8 Å². The zero-order valence-electron chi connectivity index (χ0n) is 11.8. The van der Waals surface area contributed by atoms with Gasteiger partial charge in [0.1, 0.15) is 5.75 Å². The molecule has 2 amide bonds. The molecule has 1 aromatic heterocycles. The van der Waals surface area contributed by atoms with Gasteiger partial charge >= 0.3 is 6.03 Å². The minimum atomic E-state index is -0.236. The van der Waals surface area contributed by atoms with Crippen LogP contribution in [0.25, 0.3) is 0 Å².